The molecule has 1 amide bonds. The van der Waals surface area contributed by atoms with Crippen LogP contribution in [0.1, 0.15) is 24.8 Å². The van der Waals surface area contributed by atoms with Crippen LogP contribution in [0.15, 0.2) is 27.7 Å². The number of amides is 1. The molecule has 0 saturated heterocycles. The van der Waals surface area contributed by atoms with Gasteiger partial charge < -0.3 is 16.0 Å². The van der Waals surface area contributed by atoms with Crippen molar-refractivity contribution in [1.29, 1.82) is 0 Å². The van der Waals surface area contributed by atoms with Gasteiger partial charge in [-0.25, -0.2) is 0 Å². The van der Waals surface area contributed by atoms with Crippen molar-refractivity contribution in [3.8, 4) is 0 Å². The van der Waals surface area contributed by atoms with Gasteiger partial charge >= 0.3 is 0 Å². The van der Waals surface area contributed by atoms with Crippen LogP contribution < -0.4 is 16.0 Å². The molecule has 0 bridgehead atoms. The number of aryl methyl sites for hydroxylation is 1. The minimum atomic E-state index is -0.00801. The maximum Gasteiger partial charge on any atom is 0.226 e. The summed E-state index contributed by atoms with van der Waals surface area (Å²) in [4.78, 5) is 16.1. The Labute approximate surface area is 163 Å². The highest BCUT2D eigenvalue weighted by atomic mass is 127. The molecule has 1 aliphatic rings. The highest BCUT2D eigenvalue weighted by Gasteiger charge is 2.21. The topological polar surface area (TPSA) is 65.5 Å². The van der Waals surface area contributed by atoms with Crippen LogP contribution in [0.4, 0.5) is 5.69 Å². The molecule has 3 N–H and O–H groups in total. The van der Waals surface area contributed by atoms with Crippen LogP contribution in [0.2, 0.25) is 0 Å². The van der Waals surface area contributed by atoms with E-state index in [1.54, 1.807) is 7.05 Å². The normalized spacial score (nSPS) is 14.0. The van der Waals surface area contributed by atoms with Gasteiger partial charge in [-0.2, -0.15) is 0 Å². The lowest BCUT2D eigenvalue weighted by Gasteiger charge is -2.12. The molecule has 0 radical (unpaired) electrons. The Kier molecular flexibility index (Phi) is 8.90. The number of anilines is 1. The summed E-state index contributed by atoms with van der Waals surface area (Å²) in [6.07, 6.45) is 3.01. The maximum absolute atomic E-state index is 12.0. The second-order valence-electron chi connectivity index (χ2n) is 5.58. The molecule has 7 heteroatoms. The van der Waals surface area contributed by atoms with E-state index in [0.717, 1.165) is 34.1 Å². The van der Waals surface area contributed by atoms with Crippen LogP contribution in [-0.2, 0) is 4.79 Å². The quantitative estimate of drug-likeness (QED) is 0.323. The lowest BCUT2D eigenvalue weighted by Crippen LogP contribution is -2.39. The van der Waals surface area contributed by atoms with Crippen molar-refractivity contribution in [3.63, 3.8) is 0 Å². The molecule has 1 saturated carbocycles. The fourth-order valence-electron chi connectivity index (χ4n) is 2.02. The molecule has 128 valence electrons. The summed E-state index contributed by atoms with van der Waals surface area (Å²) >= 11 is 3.41. The summed E-state index contributed by atoms with van der Waals surface area (Å²) in [7, 11) is 1.74. The number of carbonyl (C=O) groups is 1. The number of nitrogens with one attached hydrogen (secondary N) is 3. The molecule has 0 aromatic heterocycles. The van der Waals surface area contributed by atoms with E-state index in [1.807, 2.05) is 25.1 Å². The minimum absolute atomic E-state index is 0. The van der Waals surface area contributed by atoms with Crippen molar-refractivity contribution < 1.29 is 4.79 Å². The molecule has 0 aliphatic heterocycles. The number of rotatable bonds is 6. The van der Waals surface area contributed by atoms with Gasteiger partial charge in [-0.05, 0) is 43.4 Å². The van der Waals surface area contributed by atoms with Crippen molar-refractivity contribution in [2.75, 3.05) is 25.5 Å². The highest BCUT2D eigenvalue weighted by Crippen LogP contribution is 2.27. The van der Waals surface area contributed by atoms with Crippen LogP contribution >= 0.6 is 39.9 Å². The monoisotopic (exact) mass is 494 g/mol. The maximum atomic E-state index is 12.0. The first-order chi connectivity index (χ1) is 10.6. The van der Waals surface area contributed by atoms with Crippen molar-refractivity contribution in [2.45, 2.75) is 26.2 Å². The molecular weight excluding hydrogens is 471 g/mol. The third-order valence-corrected chi connectivity index (χ3v) is 4.09. The second kappa shape index (κ2) is 10.1. The minimum Gasteiger partial charge on any atom is -0.356 e. The summed E-state index contributed by atoms with van der Waals surface area (Å²) in [6.45, 7) is 3.50. The van der Waals surface area contributed by atoms with E-state index >= 15 is 0 Å². The summed E-state index contributed by atoms with van der Waals surface area (Å²) in [5, 5.41) is 9.37. The molecule has 1 aromatic rings. The van der Waals surface area contributed by atoms with Gasteiger partial charge in [0.15, 0.2) is 5.96 Å². The number of halogens is 2. The third-order valence-electron chi connectivity index (χ3n) is 3.60. The SMILES string of the molecule is CN=C(NCCC(=O)Nc1cc(Br)ccc1C)NCC1CC1.I. The van der Waals surface area contributed by atoms with Gasteiger partial charge in [0.05, 0.1) is 0 Å². The Morgan fingerprint density at radius 1 is 1.35 bits per heavy atom. The average molecular weight is 495 g/mol. The predicted molar refractivity (Wildman–Crippen MR) is 110 cm³/mol. The van der Waals surface area contributed by atoms with Crippen LogP contribution in [0.25, 0.3) is 0 Å². The lowest BCUT2D eigenvalue weighted by atomic mass is 10.2. The zero-order valence-electron chi connectivity index (χ0n) is 13.5. The smallest absolute Gasteiger partial charge is 0.226 e. The summed E-state index contributed by atoms with van der Waals surface area (Å²) in [5.41, 5.74) is 1.89. The van der Waals surface area contributed by atoms with Gasteiger partial charge in [0.1, 0.15) is 0 Å². The van der Waals surface area contributed by atoms with Crippen molar-refractivity contribution in [1.82, 2.24) is 10.6 Å². The molecule has 5 nitrogen and oxygen atoms in total. The van der Waals surface area contributed by atoms with Gasteiger partial charge in [0.2, 0.25) is 5.91 Å². The Morgan fingerprint density at radius 3 is 2.74 bits per heavy atom. The van der Waals surface area contributed by atoms with Gasteiger partial charge in [-0.15, -0.1) is 24.0 Å². The Bertz CT molecular complexity index is 561. The number of aliphatic imine (C=N–C) groups is 1. The molecule has 0 spiro atoms. The fourth-order valence-corrected chi connectivity index (χ4v) is 2.38. The molecule has 1 fully saturated rings. The van der Waals surface area contributed by atoms with Gasteiger partial charge in [0.25, 0.3) is 0 Å². The molecule has 2 rings (SSSR count). The largest absolute Gasteiger partial charge is 0.356 e. The standard InChI is InChI=1S/C16H23BrN4O.HI/c1-11-3-6-13(17)9-14(11)21-15(22)7-8-19-16(18-2)20-10-12-4-5-12;/h3,6,9,12H,4-5,7-8,10H2,1-2H3,(H,21,22)(H2,18,19,20);1H. The van der Waals surface area contributed by atoms with E-state index in [-0.39, 0.29) is 29.9 Å². The van der Waals surface area contributed by atoms with Crippen molar-refractivity contribution in [3.05, 3.63) is 28.2 Å². The third kappa shape index (κ3) is 7.52. The first-order valence-electron chi connectivity index (χ1n) is 7.59. The van der Waals surface area contributed by atoms with E-state index in [0.29, 0.717) is 13.0 Å². The number of carbonyl (C=O) groups excluding carboxylic acids is 1. The number of nitrogens with zero attached hydrogens (tertiary/aromatic N) is 1. The van der Waals surface area contributed by atoms with E-state index in [4.69, 9.17) is 0 Å². The molecule has 0 atom stereocenters. The number of hydrogen-bond donors (Lipinski definition) is 3. The average Bonchev–Trinajstić information content (AvgIpc) is 3.30. The van der Waals surface area contributed by atoms with Crippen LogP contribution in [0, 0.1) is 12.8 Å². The summed E-state index contributed by atoms with van der Waals surface area (Å²) in [5.74, 6) is 1.55. The molecule has 0 unspecified atom stereocenters. The van der Waals surface area contributed by atoms with Crippen LogP contribution in [-0.4, -0.2) is 32.0 Å². The van der Waals surface area contributed by atoms with E-state index < -0.39 is 0 Å². The Balaban J connectivity index is 0.00000264. The molecule has 23 heavy (non-hydrogen) atoms. The molecule has 1 aromatic carbocycles. The van der Waals surface area contributed by atoms with Crippen LogP contribution in [0.5, 0.6) is 0 Å². The summed E-state index contributed by atoms with van der Waals surface area (Å²) in [6, 6.07) is 5.85. The Hall–Kier alpha value is -0.830. The summed E-state index contributed by atoms with van der Waals surface area (Å²) < 4.78 is 0.955. The van der Waals surface area contributed by atoms with E-state index in [2.05, 4.69) is 36.9 Å². The lowest BCUT2D eigenvalue weighted by molar-refractivity contribution is -0.116. The first kappa shape index (κ1) is 20.2. The fraction of sp³-hybridized carbons (Fsp3) is 0.500. The number of guanidine groups is 1. The van der Waals surface area contributed by atoms with E-state index in [1.165, 1.54) is 12.8 Å². The predicted octanol–water partition coefficient (Wildman–Crippen LogP) is 3.28. The first-order valence-corrected chi connectivity index (χ1v) is 8.38. The molecule has 0 heterocycles. The van der Waals surface area contributed by atoms with Crippen molar-refractivity contribution in [2.24, 2.45) is 10.9 Å². The zero-order valence-corrected chi connectivity index (χ0v) is 17.4. The molecule has 1 aliphatic carbocycles. The van der Waals surface area contributed by atoms with Gasteiger partial charge in [-0.1, -0.05) is 22.0 Å². The van der Waals surface area contributed by atoms with Crippen LogP contribution in [0.3, 0.4) is 0 Å². The number of benzene rings is 1. The zero-order chi connectivity index (χ0) is 15.9. The highest BCUT2D eigenvalue weighted by molar-refractivity contribution is 14.0. The molecular formula is C16H24BrIN4O. The Morgan fingerprint density at radius 2 is 2.09 bits per heavy atom. The number of hydrogen-bond acceptors (Lipinski definition) is 2. The second-order valence-corrected chi connectivity index (χ2v) is 6.50. The van der Waals surface area contributed by atoms with E-state index in [9.17, 15) is 4.79 Å². The van der Waals surface area contributed by atoms with Crippen molar-refractivity contribution >= 4 is 57.5 Å². The van der Waals surface area contributed by atoms with Gasteiger partial charge in [0, 0.05) is 36.7 Å². The van der Waals surface area contributed by atoms with Gasteiger partial charge in [-0.3, -0.25) is 9.79 Å².